The van der Waals surface area contributed by atoms with Crippen LogP contribution < -0.4 is 0 Å². The van der Waals surface area contributed by atoms with Crippen LogP contribution >= 0.6 is 11.8 Å². The molecule has 1 aromatic carbocycles. The predicted octanol–water partition coefficient (Wildman–Crippen LogP) is 3.40. The molecule has 132 valence electrons. The standard InChI is InChI=1S/C19H24N4OS/c24-18(22-11-10-15-6-4-5-7-16(15)12-22)13-25-19-21-20-14-23(19)17-8-2-1-3-9-17/h1-3,8-9,14-16H,4-7,10-13H2/t15-,16-/m1/s1. The molecule has 6 heteroatoms. The molecule has 0 bridgehead atoms. The fourth-order valence-corrected chi connectivity index (χ4v) is 4.97. The molecule has 1 aliphatic carbocycles. The van der Waals surface area contributed by atoms with Crippen molar-refractivity contribution in [2.24, 2.45) is 11.8 Å². The first-order chi connectivity index (χ1) is 12.3. The zero-order valence-corrected chi connectivity index (χ0v) is 15.2. The summed E-state index contributed by atoms with van der Waals surface area (Å²) in [6.45, 7) is 1.88. The molecule has 0 N–H and O–H groups in total. The highest BCUT2D eigenvalue weighted by Gasteiger charge is 2.32. The minimum absolute atomic E-state index is 0.233. The number of rotatable bonds is 4. The molecule has 1 aliphatic heterocycles. The van der Waals surface area contributed by atoms with E-state index in [4.69, 9.17) is 0 Å². The van der Waals surface area contributed by atoms with Crippen molar-refractivity contribution in [3.8, 4) is 5.69 Å². The van der Waals surface area contributed by atoms with E-state index < -0.39 is 0 Å². The van der Waals surface area contributed by atoms with E-state index in [1.807, 2.05) is 34.9 Å². The van der Waals surface area contributed by atoms with Gasteiger partial charge in [-0.05, 0) is 36.8 Å². The molecule has 0 unspecified atom stereocenters. The van der Waals surface area contributed by atoms with Crippen LogP contribution in [-0.4, -0.2) is 44.4 Å². The smallest absolute Gasteiger partial charge is 0.233 e. The van der Waals surface area contributed by atoms with Crippen LogP contribution in [0.5, 0.6) is 0 Å². The van der Waals surface area contributed by atoms with Crippen molar-refractivity contribution in [3.05, 3.63) is 36.7 Å². The molecule has 1 amide bonds. The zero-order valence-electron chi connectivity index (χ0n) is 14.4. The van der Waals surface area contributed by atoms with Crippen LogP contribution in [0.3, 0.4) is 0 Å². The summed E-state index contributed by atoms with van der Waals surface area (Å²) in [5.41, 5.74) is 1.02. The Morgan fingerprint density at radius 3 is 2.76 bits per heavy atom. The van der Waals surface area contributed by atoms with Gasteiger partial charge in [-0.2, -0.15) is 0 Å². The van der Waals surface area contributed by atoms with Crippen LogP contribution in [0.25, 0.3) is 5.69 Å². The van der Waals surface area contributed by atoms with E-state index in [0.29, 0.717) is 5.75 Å². The second-order valence-corrected chi connectivity index (χ2v) is 7.98. The third-order valence-corrected chi connectivity index (χ3v) is 6.45. The van der Waals surface area contributed by atoms with Crippen molar-refractivity contribution in [2.45, 2.75) is 37.3 Å². The summed E-state index contributed by atoms with van der Waals surface area (Å²) in [6, 6.07) is 10.00. The Hall–Kier alpha value is -1.82. The Kier molecular flexibility index (Phi) is 5.06. The van der Waals surface area contributed by atoms with Crippen molar-refractivity contribution in [3.63, 3.8) is 0 Å². The van der Waals surface area contributed by atoms with Gasteiger partial charge in [-0.1, -0.05) is 49.2 Å². The van der Waals surface area contributed by atoms with Crippen molar-refractivity contribution in [2.75, 3.05) is 18.8 Å². The van der Waals surface area contributed by atoms with Crippen molar-refractivity contribution in [1.29, 1.82) is 0 Å². The Morgan fingerprint density at radius 1 is 1.12 bits per heavy atom. The molecule has 0 spiro atoms. The second kappa shape index (κ2) is 7.60. The van der Waals surface area contributed by atoms with Gasteiger partial charge in [0.05, 0.1) is 5.75 Å². The van der Waals surface area contributed by atoms with Crippen molar-refractivity contribution >= 4 is 17.7 Å². The number of amides is 1. The fraction of sp³-hybridized carbons (Fsp3) is 0.526. The first-order valence-electron chi connectivity index (χ1n) is 9.17. The van der Waals surface area contributed by atoms with Crippen molar-refractivity contribution in [1.82, 2.24) is 19.7 Å². The average molecular weight is 356 g/mol. The number of para-hydroxylation sites is 1. The van der Waals surface area contributed by atoms with Crippen LogP contribution in [0.1, 0.15) is 32.1 Å². The molecule has 5 nitrogen and oxygen atoms in total. The number of likely N-dealkylation sites (tertiary alicyclic amines) is 1. The van der Waals surface area contributed by atoms with Crippen LogP contribution in [0.15, 0.2) is 41.8 Å². The molecule has 2 heterocycles. The van der Waals surface area contributed by atoms with E-state index in [9.17, 15) is 4.79 Å². The van der Waals surface area contributed by atoms with E-state index in [2.05, 4.69) is 15.1 Å². The molecule has 2 aromatic rings. The van der Waals surface area contributed by atoms with Gasteiger partial charge < -0.3 is 4.90 Å². The summed E-state index contributed by atoms with van der Waals surface area (Å²) in [5, 5.41) is 8.96. The largest absolute Gasteiger partial charge is 0.342 e. The molecular formula is C19H24N4OS. The van der Waals surface area contributed by atoms with E-state index in [1.165, 1.54) is 43.9 Å². The summed E-state index contributed by atoms with van der Waals surface area (Å²) in [5.74, 6) is 2.25. The van der Waals surface area contributed by atoms with Gasteiger partial charge in [-0.3, -0.25) is 9.36 Å². The van der Waals surface area contributed by atoms with Gasteiger partial charge >= 0.3 is 0 Å². The first kappa shape index (κ1) is 16.6. The summed E-state index contributed by atoms with van der Waals surface area (Å²) in [7, 11) is 0. The normalized spacial score (nSPS) is 23.3. The summed E-state index contributed by atoms with van der Waals surface area (Å²) in [4.78, 5) is 14.7. The third-order valence-electron chi connectivity index (χ3n) is 5.52. The van der Waals surface area contributed by atoms with E-state index in [1.54, 1.807) is 6.33 Å². The molecule has 2 aliphatic rings. The highest BCUT2D eigenvalue weighted by Crippen LogP contribution is 2.36. The molecule has 1 saturated heterocycles. The van der Waals surface area contributed by atoms with Gasteiger partial charge in [-0.15, -0.1) is 10.2 Å². The average Bonchev–Trinajstić information content (AvgIpc) is 3.15. The Morgan fingerprint density at radius 2 is 1.92 bits per heavy atom. The number of hydrogen-bond acceptors (Lipinski definition) is 4. The van der Waals surface area contributed by atoms with Crippen LogP contribution in [0.4, 0.5) is 0 Å². The Labute approximate surface area is 152 Å². The second-order valence-electron chi connectivity index (χ2n) is 7.04. The number of aromatic nitrogens is 3. The highest BCUT2D eigenvalue weighted by molar-refractivity contribution is 7.99. The number of nitrogens with zero attached hydrogens (tertiary/aromatic N) is 4. The van der Waals surface area contributed by atoms with Gasteiger partial charge in [0.15, 0.2) is 5.16 Å². The molecule has 1 aromatic heterocycles. The first-order valence-corrected chi connectivity index (χ1v) is 10.2. The zero-order chi connectivity index (χ0) is 17.1. The maximum atomic E-state index is 12.7. The summed E-state index contributed by atoms with van der Waals surface area (Å²) in [6.07, 6.45) is 8.25. The third kappa shape index (κ3) is 3.73. The Balaban J connectivity index is 1.36. The molecule has 0 radical (unpaired) electrons. The predicted molar refractivity (Wildman–Crippen MR) is 98.7 cm³/mol. The van der Waals surface area contributed by atoms with Gasteiger partial charge in [-0.25, -0.2) is 0 Å². The lowest BCUT2D eigenvalue weighted by molar-refractivity contribution is -0.131. The molecule has 2 fully saturated rings. The quantitative estimate of drug-likeness (QED) is 0.788. The number of carbonyl (C=O) groups excluding carboxylic acids is 1. The molecular weight excluding hydrogens is 332 g/mol. The van der Waals surface area contributed by atoms with Gasteiger partial charge in [0, 0.05) is 18.8 Å². The minimum Gasteiger partial charge on any atom is -0.342 e. The number of hydrogen-bond donors (Lipinski definition) is 0. The summed E-state index contributed by atoms with van der Waals surface area (Å²) < 4.78 is 1.94. The molecule has 25 heavy (non-hydrogen) atoms. The molecule has 1 saturated carbocycles. The SMILES string of the molecule is O=C(CSc1nncn1-c1ccccc1)N1CC[C@H]2CCCC[C@@H]2C1. The van der Waals surface area contributed by atoms with Crippen LogP contribution in [0, 0.1) is 11.8 Å². The van der Waals surface area contributed by atoms with Gasteiger partial charge in [0.2, 0.25) is 5.91 Å². The lowest BCUT2D eigenvalue weighted by Gasteiger charge is -2.41. The topological polar surface area (TPSA) is 51.0 Å². The number of fused-ring (bicyclic) bond motifs is 1. The number of benzene rings is 1. The highest BCUT2D eigenvalue weighted by atomic mass is 32.2. The number of piperidine rings is 1. The number of carbonyl (C=O) groups is 1. The summed E-state index contributed by atoms with van der Waals surface area (Å²) >= 11 is 1.48. The fourth-order valence-electron chi connectivity index (χ4n) is 4.13. The monoisotopic (exact) mass is 356 g/mol. The van der Waals surface area contributed by atoms with Gasteiger partial charge in [0.25, 0.3) is 0 Å². The maximum Gasteiger partial charge on any atom is 0.233 e. The molecule has 2 atom stereocenters. The lowest BCUT2D eigenvalue weighted by atomic mass is 9.75. The number of thioether (sulfide) groups is 1. The van der Waals surface area contributed by atoms with E-state index in [0.717, 1.165) is 35.8 Å². The lowest BCUT2D eigenvalue weighted by Crippen LogP contribution is -2.45. The van der Waals surface area contributed by atoms with E-state index >= 15 is 0 Å². The van der Waals surface area contributed by atoms with Crippen LogP contribution in [-0.2, 0) is 4.79 Å². The van der Waals surface area contributed by atoms with Crippen LogP contribution in [0.2, 0.25) is 0 Å². The Bertz CT molecular complexity index is 717. The van der Waals surface area contributed by atoms with Gasteiger partial charge in [0.1, 0.15) is 6.33 Å². The van der Waals surface area contributed by atoms with E-state index in [-0.39, 0.29) is 5.91 Å². The molecule has 4 rings (SSSR count). The maximum absolute atomic E-state index is 12.7. The minimum atomic E-state index is 0.233. The van der Waals surface area contributed by atoms with Crippen molar-refractivity contribution < 1.29 is 4.79 Å².